The van der Waals surface area contributed by atoms with Crippen molar-refractivity contribution in [2.24, 2.45) is 0 Å². The molecule has 0 saturated carbocycles. The number of halogens is 1. The second kappa shape index (κ2) is 3.86. The summed E-state index contributed by atoms with van der Waals surface area (Å²) in [5.74, 6) is 0. The Hall–Kier alpha value is 0.679. The Kier molecular flexibility index (Phi) is 4.29. The third-order valence-corrected chi connectivity index (χ3v) is 5.39. The maximum absolute atomic E-state index is 5.71. The summed E-state index contributed by atoms with van der Waals surface area (Å²) in [5, 5.41) is 0. The molecule has 0 fully saturated rings. The molecule has 6 heavy (non-hydrogen) atoms. The van der Waals surface area contributed by atoms with Gasteiger partial charge in [-0.25, -0.2) is 0 Å². The molecule has 0 spiro atoms. The molecule has 0 unspecified atom stereocenters. The van der Waals surface area contributed by atoms with Gasteiger partial charge in [-0.1, -0.05) is 0 Å². The average molecular weight is 284 g/mol. The van der Waals surface area contributed by atoms with E-state index in [0.29, 0.717) is 0 Å². The number of hydrogen-bond donors (Lipinski definition) is 0. The molecule has 0 rings (SSSR count). The second-order valence-electron chi connectivity index (χ2n) is 0.641. The predicted molar refractivity (Wildman–Crippen MR) is 29.3 cm³/mol. The molecular formula is C4H8ClIr. The molecule has 0 radical (unpaired) electrons. The van der Waals surface area contributed by atoms with Gasteiger partial charge in [0, 0.05) is 0 Å². The van der Waals surface area contributed by atoms with Crippen LogP contribution in [0.25, 0.3) is 0 Å². The maximum atomic E-state index is 5.71. The molecule has 40 valence electrons. The molecular weight excluding hydrogens is 276 g/mol. The Bertz CT molecular complexity index is 88.1. The van der Waals surface area contributed by atoms with E-state index in [1.807, 2.05) is 13.8 Å². The summed E-state index contributed by atoms with van der Waals surface area (Å²) in [7, 11) is 5.71. The summed E-state index contributed by atoms with van der Waals surface area (Å²) in [4.78, 5) is 0. The first-order valence-electron chi connectivity index (χ1n) is 1.67. The molecule has 0 N–H and O–H groups in total. The molecule has 0 amide bonds. The zero-order valence-electron chi connectivity index (χ0n) is 3.87. The van der Waals surface area contributed by atoms with Crippen molar-refractivity contribution in [3.63, 3.8) is 0 Å². The van der Waals surface area contributed by atoms with Crippen LogP contribution in [0.1, 0.15) is 13.8 Å². The Labute approximate surface area is 47.3 Å². The summed E-state index contributed by atoms with van der Waals surface area (Å²) in [6.45, 7) is 4.03. The fourth-order valence-electron chi connectivity index (χ4n) is 0.111. The fraction of sp³-hybridized carbons (Fsp3) is 0.500. The van der Waals surface area contributed by atoms with Crippen molar-refractivity contribution in [3.8, 4) is 0 Å². The molecule has 0 aliphatic carbocycles. The van der Waals surface area contributed by atoms with Gasteiger partial charge in [0.2, 0.25) is 0 Å². The van der Waals surface area contributed by atoms with E-state index in [4.69, 9.17) is 9.58 Å². The summed E-state index contributed by atoms with van der Waals surface area (Å²) in [5.41, 5.74) is 0. The summed E-state index contributed by atoms with van der Waals surface area (Å²) in [6.07, 6.45) is 0. The average Bonchev–Trinajstić information content (AvgIpc) is 1.65. The van der Waals surface area contributed by atoms with E-state index in [-0.39, 0.29) is 0 Å². The van der Waals surface area contributed by atoms with Gasteiger partial charge >= 0.3 is 47.1 Å². The Morgan fingerprint density at radius 1 is 1.33 bits per heavy atom. The first kappa shape index (κ1) is 6.68. The van der Waals surface area contributed by atoms with Gasteiger partial charge < -0.3 is 0 Å². The van der Waals surface area contributed by atoms with Crippen LogP contribution >= 0.6 is 9.58 Å². The summed E-state index contributed by atoms with van der Waals surface area (Å²) < 4.78 is 4.20. The SMILES string of the molecule is C/[CH]=[Ir](\[Cl])=[CH]/C. The van der Waals surface area contributed by atoms with E-state index in [0.717, 1.165) is 0 Å². The van der Waals surface area contributed by atoms with Crippen molar-refractivity contribution >= 4 is 18.6 Å². The van der Waals surface area contributed by atoms with Crippen LogP contribution < -0.4 is 0 Å². The fourth-order valence-corrected chi connectivity index (χ4v) is 0.909. The normalized spacial score (nSPS) is 18.8. The van der Waals surface area contributed by atoms with Crippen molar-refractivity contribution < 1.29 is 14.6 Å². The van der Waals surface area contributed by atoms with Crippen molar-refractivity contribution in [1.29, 1.82) is 0 Å². The van der Waals surface area contributed by atoms with Crippen LogP contribution in [0.5, 0.6) is 0 Å². The standard InChI is InChI=1S/2C2H4.ClH.Ir/c2*1-2;;/h2*1H,2H3;1H;/q;;;+1/p-1. The molecule has 0 aliphatic heterocycles. The zero-order chi connectivity index (χ0) is 4.99. The van der Waals surface area contributed by atoms with Crippen LogP contribution in [-0.2, 0) is 14.6 Å². The summed E-state index contributed by atoms with van der Waals surface area (Å²) >= 11 is -1.16. The van der Waals surface area contributed by atoms with E-state index < -0.39 is 14.6 Å². The van der Waals surface area contributed by atoms with Gasteiger partial charge in [0.15, 0.2) is 0 Å². The van der Waals surface area contributed by atoms with Crippen LogP contribution in [0.3, 0.4) is 0 Å². The van der Waals surface area contributed by atoms with Crippen LogP contribution in [-0.4, -0.2) is 9.05 Å². The van der Waals surface area contributed by atoms with Gasteiger partial charge in [-0.2, -0.15) is 0 Å². The van der Waals surface area contributed by atoms with Gasteiger partial charge in [0.05, 0.1) is 0 Å². The number of rotatable bonds is 0. The Morgan fingerprint density at radius 3 is 1.67 bits per heavy atom. The molecule has 0 saturated heterocycles. The van der Waals surface area contributed by atoms with Gasteiger partial charge in [-0.15, -0.1) is 0 Å². The van der Waals surface area contributed by atoms with E-state index in [1.54, 1.807) is 0 Å². The third kappa shape index (κ3) is 2.89. The quantitative estimate of drug-likeness (QED) is 0.631. The van der Waals surface area contributed by atoms with Crippen molar-refractivity contribution in [3.05, 3.63) is 0 Å². The van der Waals surface area contributed by atoms with E-state index in [9.17, 15) is 0 Å². The van der Waals surface area contributed by atoms with Crippen LogP contribution in [0.15, 0.2) is 0 Å². The van der Waals surface area contributed by atoms with E-state index in [1.165, 1.54) is 0 Å². The molecule has 0 heterocycles. The van der Waals surface area contributed by atoms with Gasteiger partial charge in [0.1, 0.15) is 0 Å². The van der Waals surface area contributed by atoms with E-state index in [2.05, 4.69) is 9.05 Å². The third-order valence-electron chi connectivity index (χ3n) is 0.368. The molecule has 0 bridgehead atoms. The minimum atomic E-state index is -1.16. The monoisotopic (exact) mass is 284 g/mol. The van der Waals surface area contributed by atoms with Crippen LogP contribution in [0.4, 0.5) is 0 Å². The van der Waals surface area contributed by atoms with E-state index >= 15 is 0 Å². The van der Waals surface area contributed by atoms with Crippen LogP contribution in [0.2, 0.25) is 0 Å². The topological polar surface area (TPSA) is 0 Å². The molecule has 0 aromatic carbocycles. The molecule has 0 aromatic rings. The zero-order valence-corrected chi connectivity index (χ0v) is 7.02. The van der Waals surface area contributed by atoms with Crippen molar-refractivity contribution in [2.45, 2.75) is 13.8 Å². The minimum absolute atomic E-state index is 1.16. The molecule has 2 heteroatoms. The summed E-state index contributed by atoms with van der Waals surface area (Å²) in [6, 6.07) is 0. The Morgan fingerprint density at radius 2 is 1.67 bits per heavy atom. The second-order valence-corrected chi connectivity index (χ2v) is 7.63. The Balaban J connectivity index is 3.86. The molecule has 0 aromatic heterocycles. The van der Waals surface area contributed by atoms with Gasteiger partial charge in [0.25, 0.3) is 0 Å². The van der Waals surface area contributed by atoms with Crippen LogP contribution in [0, 0.1) is 0 Å². The predicted octanol–water partition coefficient (Wildman–Crippen LogP) is 1.40. The molecule has 0 atom stereocenters. The van der Waals surface area contributed by atoms with Gasteiger partial charge in [-0.05, 0) is 0 Å². The van der Waals surface area contributed by atoms with Crippen molar-refractivity contribution in [2.75, 3.05) is 0 Å². The number of hydrogen-bond acceptors (Lipinski definition) is 0. The first-order valence-corrected chi connectivity index (χ1v) is 7.40. The van der Waals surface area contributed by atoms with Crippen molar-refractivity contribution in [1.82, 2.24) is 0 Å². The molecule has 0 nitrogen and oxygen atoms in total. The molecule has 0 aliphatic rings. The van der Waals surface area contributed by atoms with Gasteiger partial charge in [-0.3, -0.25) is 0 Å². The first-order chi connectivity index (χ1) is 2.81.